The van der Waals surface area contributed by atoms with Crippen LogP contribution in [-0.4, -0.2) is 17.1 Å². The van der Waals surface area contributed by atoms with Gasteiger partial charge in [-0.05, 0) is 48.6 Å². The Labute approximate surface area is 107 Å². The number of hydrogen-bond donors (Lipinski definition) is 1. The molecule has 2 nitrogen and oxygen atoms in total. The fourth-order valence-corrected chi connectivity index (χ4v) is 1.81. The third-order valence-electron chi connectivity index (χ3n) is 2.33. The second kappa shape index (κ2) is 6.97. The first-order valence-electron chi connectivity index (χ1n) is 5.37. The highest BCUT2D eigenvalue weighted by Gasteiger charge is 1.93. The van der Waals surface area contributed by atoms with E-state index in [1.165, 1.54) is 10.5 Å². The Balaban J connectivity index is 2.46. The summed E-state index contributed by atoms with van der Waals surface area (Å²) in [5.74, 6) is 1.09. The zero-order valence-corrected chi connectivity index (χ0v) is 11.0. The third kappa shape index (κ3) is 4.91. The topological polar surface area (TPSA) is 32.6 Å². The minimum atomic E-state index is 0.263. The summed E-state index contributed by atoms with van der Waals surface area (Å²) in [6.45, 7) is 7.86. The van der Waals surface area contributed by atoms with Gasteiger partial charge in [-0.2, -0.15) is 0 Å². The summed E-state index contributed by atoms with van der Waals surface area (Å²) in [7, 11) is 0. The van der Waals surface area contributed by atoms with E-state index < -0.39 is 0 Å². The quantitative estimate of drug-likeness (QED) is 0.621. The van der Waals surface area contributed by atoms with Gasteiger partial charge in [-0.3, -0.25) is 4.99 Å². The summed E-state index contributed by atoms with van der Waals surface area (Å²) in [5.41, 5.74) is 2.05. The van der Waals surface area contributed by atoms with Crippen molar-refractivity contribution in [2.24, 2.45) is 4.99 Å². The Bertz CT molecular complexity index is 432. The molecule has 1 aromatic carbocycles. The van der Waals surface area contributed by atoms with Crippen molar-refractivity contribution < 1.29 is 5.11 Å². The number of phenols is 1. The molecule has 17 heavy (non-hydrogen) atoms. The van der Waals surface area contributed by atoms with E-state index in [-0.39, 0.29) is 5.75 Å². The maximum atomic E-state index is 9.12. The first-order valence-corrected chi connectivity index (χ1v) is 6.36. The predicted octanol–water partition coefficient (Wildman–Crippen LogP) is 4.31. The molecule has 0 radical (unpaired) electrons. The molecule has 0 bridgehead atoms. The average Bonchev–Trinajstić information content (AvgIpc) is 2.35. The van der Waals surface area contributed by atoms with E-state index in [9.17, 15) is 0 Å². The Kier molecular flexibility index (Phi) is 5.57. The highest BCUT2D eigenvalue weighted by molar-refractivity contribution is 8.03. The molecule has 1 aromatic rings. The summed E-state index contributed by atoms with van der Waals surface area (Å²) >= 11 is 1.74. The molecular formula is C14H17NOS. The van der Waals surface area contributed by atoms with Gasteiger partial charge in [0.2, 0.25) is 0 Å². The van der Waals surface area contributed by atoms with E-state index in [0.29, 0.717) is 0 Å². The van der Waals surface area contributed by atoms with Gasteiger partial charge in [-0.15, -0.1) is 11.8 Å². The highest BCUT2D eigenvalue weighted by atomic mass is 32.2. The maximum absolute atomic E-state index is 9.12. The molecule has 0 aliphatic rings. The van der Waals surface area contributed by atoms with Crippen LogP contribution < -0.4 is 0 Å². The molecule has 0 heterocycles. The van der Waals surface area contributed by atoms with Crippen molar-refractivity contribution in [1.82, 2.24) is 0 Å². The number of rotatable bonds is 5. The van der Waals surface area contributed by atoms with Gasteiger partial charge in [0.05, 0.1) is 5.69 Å². The number of nitrogens with zero attached hydrogens (tertiary/aromatic N) is 1. The lowest BCUT2D eigenvalue weighted by atomic mass is 10.3. The van der Waals surface area contributed by atoms with Crippen molar-refractivity contribution in [3.63, 3.8) is 0 Å². The first kappa shape index (κ1) is 13.6. The smallest absolute Gasteiger partial charge is 0.115 e. The standard InChI is InChI=1S/C14H17NOS/c1-4-11(2)12(3)17-10-9-15-13-5-7-14(16)8-6-13/h4-9,16H,1,10H2,2-3H3/b12-11+,15-9+. The van der Waals surface area contributed by atoms with Crippen LogP contribution in [0.2, 0.25) is 0 Å². The van der Waals surface area contributed by atoms with Gasteiger partial charge in [0.15, 0.2) is 0 Å². The molecule has 0 spiro atoms. The van der Waals surface area contributed by atoms with Crippen LogP contribution in [0.3, 0.4) is 0 Å². The summed E-state index contributed by atoms with van der Waals surface area (Å²) in [4.78, 5) is 5.56. The molecular weight excluding hydrogens is 230 g/mol. The van der Waals surface area contributed by atoms with Crippen LogP contribution in [0.15, 0.2) is 52.4 Å². The molecule has 0 aliphatic heterocycles. The average molecular weight is 247 g/mol. The van der Waals surface area contributed by atoms with E-state index in [0.717, 1.165) is 11.4 Å². The van der Waals surface area contributed by atoms with Crippen LogP contribution >= 0.6 is 11.8 Å². The fourth-order valence-electron chi connectivity index (χ4n) is 1.10. The largest absolute Gasteiger partial charge is 0.508 e. The number of thioether (sulfide) groups is 1. The fraction of sp³-hybridized carbons (Fsp3) is 0.214. The van der Waals surface area contributed by atoms with Crippen molar-refractivity contribution in [3.05, 3.63) is 47.4 Å². The molecule has 90 valence electrons. The zero-order valence-electron chi connectivity index (χ0n) is 10.2. The highest BCUT2D eigenvalue weighted by Crippen LogP contribution is 2.19. The number of hydrogen-bond acceptors (Lipinski definition) is 3. The zero-order chi connectivity index (χ0) is 12.7. The lowest BCUT2D eigenvalue weighted by Gasteiger charge is -2.00. The Hall–Kier alpha value is -1.48. The predicted molar refractivity (Wildman–Crippen MR) is 77.3 cm³/mol. The Morgan fingerprint density at radius 3 is 2.59 bits per heavy atom. The summed E-state index contributed by atoms with van der Waals surface area (Å²) in [5, 5.41) is 9.12. The summed E-state index contributed by atoms with van der Waals surface area (Å²) < 4.78 is 0. The molecule has 0 fully saturated rings. The van der Waals surface area contributed by atoms with Gasteiger partial charge in [-0.25, -0.2) is 0 Å². The van der Waals surface area contributed by atoms with Crippen LogP contribution in [-0.2, 0) is 0 Å². The van der Waals surface area contributed by atoms with Crippen molar-refractivity contribution >= 4 is 23.7 Å². The summed E-state index contributed by atoms with van der Waals surface area (Å²) in [6, 6.07) is 6.84. The van der Waals surface area contributed by atoms with Crippen molar-refractivity contribution in [1.29, 1.82) is 0 Å². The van der Waals surface area contributed by atoms with Gasteiger partial charge in [0.1, 0.15) is 5.75 Å². The van der Waals surface area contributed by atoms with E-state index in [4.69, 9.17) is 5.11 Å². The number of phenolic OH excluding ortho intramolecular Hbond substituents is 1. The number of allylic oxidation sites excluding steroid dienone is 3. The molecule has 0 aromatic heterocycles. The SMILES string of the molecule is C=C/C(C)=C(\C)SC/C=N/c1ccc(O)cc1. The third-order valence-corrected chi connectivity index (χ3v) is 3.40. The minimum absolute atomic E-state index is 0.263. The van der Waals surface area contributed by atoms with Gasteiger partial charge in [0.25, 0.3) is 0 Å². The molecule has 0 saturated heterocycles. The molecule has 1 rings (SSSR count). The van der Waals surface area contributed by atoms with E-state index in [2.05, 4.69) is 18.5 Å². The normalized spacial score (nSPS) is 12.6. The molecule has 3 heteroatoms. The van der Waals surface area contributed by atoms with E-state index in [1.54, 1.807) is 36.0 Å². The number of benzene rings is 1. The van der Waals surface area contributed by atoms with Gasteiger partial charge < -0.3 is 5.11 Å². The molecule has 0 unspecified atom stereocenters. The van der Waals surface area contributed by atoms with Gasteiger partial charge in [-0.1, -0.05) is 12.7 Å². The first-order chi connectivity index (χ1) is 8.13. The van der Waals surface area contributed by atoms with Gasteiger partial charge >= 0.3 is 0 Å². The van der Waals surface area contributed by atoms with Crippen molar-refractivity contribution in [2.75, 3.05) is 5.75 Å². The Morgan fingerprint density at radius 2 is 2.00 bits per heavy atom. The van der Waals surface area contributed by atoms with E-state index >= 15 is 0 Å². The van der Waals surface area contributed by atoms with Crippen molar-refractivity contribution in [3.8, 4) is 5.75 Å². The summed E-state index contributed by atoms with van der Waals surface area (Å²) in [6.07, 6.45) is 3.73. The van der Waals surface area contributed by atoms with Crippen LogP contribution in [0.1, 0.15) is 13.8 Å². The molecule has 1 N–H and O–H groups in total. The van der Waals surface area contributed by atoms with Crippen LogP contribution in [0, 0.1) is 0 Å². The van der Waals surface area contributed by atoms with Gasteiger partial charge in [0, 0.05) is 12.0 Å². The maximum Gasteiger partial charge on any atom is 0.115 e. The Morgan fingerprint density at radius 1 is 1.35 bits per heavy atom. The van der Waals surface area contributed by atoms with E-state index in [1.807, 2.05) is 19.2 Å². The molecule has 0 atom stereocenters. The lowest BCUT2D eigenvalue weighted by molar-refractivity contribution is 0.475. The number of aliphatic imine (C=N–C) groups is 1. The second-order valence-corrected chi connectivity index (χ2v) is 4.82. The van der Waals surface area contributed by atoms with Crippen LogP contribution in [0.25, 0.3) is 0 Å². The number of aromatic hydroxyl groups is 1. The molecule has 0 aliphatic carbocycles. The molecule has 0 amide bonds. The second-order valence-electron chi connectivity index (χ2n) is 3.58. The van der Waals surface area contributed by atoms with Crippen LogP contribution in [0.5, 0.6) is 5.75 Å². The monoisotopic (exact) mass is 247 g/mol. The van der Waals surface area contributed by atoms with Crippen molar-refractivity contribution in [2.45, 2.75) is 13.8 Å². The van der Waals surface area contributed by atoms with Crippen LogP contribution in [0.4, 0.5) is 5.69 Å². The molecule has 0 saturated carbocycles. The minimum Gasteiger partial charge on any atom is -0.508 e. The lowest BCUT2D eigenvalue weighted by Crippen LogP contribution is -1.82.